The van der Waals surface area contributed by atoms with Crippen molar-refractivity contribution in [3.05, 3.63) is 116 Å². The molecule has 0 fully saturated rings. The highest BCUT2D eigenvalue weighted by Gasteiger charge is 2.18. The zero-order valence-electron chi connectivity index (χ0n) is 25.3. The lowest BCUT2D eigenvalue weighted by Crippen LogP contribution is -2.21. The fraction of sp³-hybridized carbons (Fsp3) is 0.200. The van der Waals surface area contributed by atoms with Crippen molar-refractivity contribution in [2.45, 2.75) is 33.6 Å². The maximum absolute atomic E-state index is 13.8. The van der Waals surface area contributed by atoms with E-state index < -0.39 is 0 Å². The fourth-order valence-corrected chi connectivity index (χ4v) is 5.16. The summed E-state index contributed by atoms with van der Waals surface area (Å²) in [6, 6.07) is 23.0. The topological polar surface area (TPSA) is 94.8 Å². The predicted octanol–water partition coefficient (Wildman–Crippen LogP) is 8.10. The van der Waals surface area contributed by atoms with Crippen molar-refractivity contribution in [3.63, 3.8) is 0 Å². The molecule has 0 saturated heterocycles. The van der Waals surface area contributed by atoms with Crippen molar-refractivity contribution in [3.8, 4) is 22.9 Å². The van der Waals surface area contributed by atoms with Gasteiger partial charge in [-0.2, -0.15) is 9.78 Å². The number of hydrogen-bond donors (Lipinski definition) is 1. The summed E-state index contributed by atoms with van der Waals surface area (Å²) >= 11 is 12.4. The van der Waals surface area contributed by atoms with E-state index in [0.717, 1.165) is 22.4 Å². The third-order valence-corrected chi connectivity index (χ3v) is 7.59. The van der Waals surface area contributed by atoms with Crippen molar-refractivity contribution in [2.24, 2.45) is 5.10 Å². The standard InChI is InChI=1S/C35H32Cl2N4O4/c1-5-44-32-16-22(4)28(18-27(32)21(2)3)34-40-30-9-7-6-8-26(30)35(43)41(34)38-19-23-10-15-31(29(37)17-23)45-20-33(42)39-25-13-11-24(36)12-14-25/h6-19,21H,5,20H2,1-4H3,(H,39,42). The molecule has 4 aromatic carbocycles. The number of anilines is 1. The molecule has 230 valence electrons. The second-order valence-corrected chi connectivity index (χ2v) is 11.5. The van der Waals surface area contributed by atoms with Crippen molar-refractivity contribution in [1.29, 1.82) is 0 Å². The summed E-state index contributed by atoms with van der Waals surface area (Å²) in [6.45, 7) is 8.42. The molecule has 0 aliphatic carbocycles. The molecule has 45 heavy (non-hydrogen) atoms. The normalized spacial score (nSPS) is 11.4. The zero-order chi connectivity index (χ0) is 32.1. The predicted molar refractivity (Wildman–Crippen MR) is 181 cm³/mol. The molecule has 0 unspecified atom stereocenters. The first-order valence-electron chi connectivity index (χ1n) is 14.5. The number of carbonyl (C=O) groups excluding carboxylic acids is 1. The lowest BCUT2D eigenvalue weighted by Gasteiger charge is -2.18. The zero-order valence-corrected chi connectivity index (χ0v) is 26.8. The largest absolute Gasteiger partial charge is 0.494 e. The fourth-order valence-electron chi connectivity index (χ4n) is 4.79. The SMILES string of the molecule is CCOc1cc(C)c(-c2nc3ccccc3c(=O)n2N=Cc2ccc(OCC(=O)Nc3ccc(Cl)cc3)c(Cl)c2)cc1C(C)C. The van der Waals surface area contributed by atoms with E-state index >= 15 is 0 Å². The molecule has 1 amide bonds. The molecular weight excluding hydrogens is 611 g/mol. The molecule has 1 aromatic heterocycles. The van der Waals surface area contributed by atoms with E-state index in [-0.39, 0.29) is 29.0 Å². The lowest BCUT2D eigenvalue weighted by atomic mass is 9.96. The van der Waals surface area contributed by atoms with Crippen LogP contribution in [0.15, 0.2) is 88.8 Å². The molecule has 0 aliphatic rings. The molecule has 1 heterocycles. The number of amides is 1. The quantitative estimate of drug-likeness (QED) is 0.155. The summed E-state index contributed by atoms with van der Waals surface area (Å²) in [7, 11) is 0. The van der Waals surface area contributed by atoms with Gasteiger partial charge in [0.25, 0.3) is 11.5 Å². The van der Waals surface area contributed by atoms with E-state index in [4.69, 9.17) is 37.7 Å². The highest BCUT2D eigenvalue weighted by Crippen LogP contribution is 2.34. The number of aryl methyl sites for hydroxylation is 1. The van der Waals surface area contributed by atoms with Crippen LogP contribution < -0.4 is 20.3 Å². The number of fused-ring (bicyclic) bond motifs is 1. The molecule has 5 rings (SSSR count). The van der Waals surface area contributed by atoms with Crippen LogP contribution in [0.3, 0.4) is 0 Å². The number of rotatable bonds is 10. The number of nitrogens with one attached hydrogen (secondary N) is 1. The van der Waals surface area contributed by atoms with Gasteiger partial charge >= 0.3 is 0 Å². The summed E-state index contributed by atoms with van der Waals surface area (Å²) < 4.78 is 12.9. The van der Waals surface area contributed by atoms with Crippen molar-refractivity contribution in [2.75, 3.05) is 18.5 Å². The van der Waals surface area contributed by atoms with Crippen LogP contribution in [-0.2, 0) is 4.79 Å². The van der Waals surface area contributed by atoms with Crippen LogP contribution in [0.4, 0.5) is 5.69 Å². The third kappa shape index (κ3) is 7.36. The Bertz CT molecular complexity index is 1950. The van der Waals surface area contributed by atoms with Crippen LogP contribution in [0.25, 0.3) is 22.3 Å². The first kappa shape index (κ1) is 31.8. The first-order chi connectivity index (χ1) is 21.6. The van der Waals surface area contributed by atoms with Crippen LogP contribution in [-0.4, -0.2) is 35.0 Å². The van der Waals surface area contributed by atoms with E-state index in [0.29, 0.717) is 45.4 Å². The number of benzene rings is 4. The summed E-state index contributed by atoms with van der Waals surface area (Å²) in [6.07, 6.45) is 1.54. The average molecular weight is 644 g/mol. The summed E-state index contributed by atoms with van der Waals surface area (Å²) in [4.78, 5) is 31.0. The minimum atomic E-state index is -0.347. The molecule has 0 saturated carbocycles. The summed E-state index contributed by atoms with van der Waals surface area (Å²) in [5.41, 5.74) is 4.19. The Kier molecular flexibility index (Phi) is 9.86. The highest BCUT2D eigenvalue weighted by atomic mass is 35.5. The average Bonchev–Trinajstić information content (AvgIpc) is 3.01. The van der Waals surface area contributed by atoms with Crippen LogP contribution in [0.1, 0.15) is 43.4 Å². The highest BCUT2D eigenvalue weighted by molar-refractivity contribution is 6.32. The number of carbonyl (C=O) groups is 1. The van der Waals surface area contributed by atoms with E-state index in [1.807, 2.05) is 38.1 Å². The Balaban J connectivity index is 1.45. The Morgan fingerprint density at radius 3 is 2.47 bits per heavy atom. The summed E-state index contributed by atoms with van der Waals surface area (Å²) in [5.74, 6) is 1.39. The number of halogens is 2. The van der Waals surface area contributed by atoms with Gasteiger partial charge < -0.3 is 14.8 Å². The van der Waals surface area contributed by atoms with Crippen LogP contribution in [0.2, 0.25) is 10.0 Å². The molecule has 5 aromatic rings. The number of nitrogens with zero attached hydrogens (tertiary/aromatic N) is 3. The molecular formula is C35H32Cl2N4O4. The smallest absolute Gasteiger partial charge is 0.282 e. The second-order valence-electron chi connectivity index (χ2n) is 10.6. The molecule has 1 N–H and O–H groups in total. The molecule has 8 nitrogen and oxygen atoms in total. The number of ether oxygens (including phenoxy) is 2. The van der Waals surface area contributed by atoms with Crippen molar-refractivity contribution in [1.82, 2.24) is 9.66 Å². The van der Waals surface area contributed by atoms with E-state index in [1.54, 1.807) is 54.6 Å². The number of aromatic nitrogens is 2. The van der Waals surface area contributed by atoms with E-state index in [1.165, 1.54) is 10.9 Å². The van der Waals surface area contributed by atoms with Crippen molar-refractivity contribution < 1.29 is 14.3 Å². The molecule has 0 bridgehead atoms. The van der Waals surface area contributed by atoms with Gasteiger partial charge in [0.2, 0.25) is 0 Å². The lowest BCUT2D eigenvalue weighted by molar-refractivity contribution is -0.118. The molecule has 0 atom stereocenters. The summed E-state index contributed by atoms with van der Waals surface area (Å²) in [5, 5.41) is 8.63. The third-order valence-electron chi connectivity index (χ3n) is 7.04. The molecule has 10 heteroatoms. The van der Waals surface area contributed by atoms with Gasteiger partial charge in [0.15, 0.2) is 12.4 Å². The second kappa shape index (κ2) is 14.0. The maximum Gasteiger partial charge on any atom is 0.282 e. The molecule has 0 spiro atoms. The van der Waals surface area contributed by atoms with Crippen molar-refractivity contribution >= 4 is 51.9 Å². The van der Waals surface area contributed by atoms with Gasteiger partial charge in [0.05, 0.1) is 28.7 Å². The van der Waals surface area contributed by atoms with Gasteiger partial charge in [-0.05, 0) is 103 Å². The van der Waals surface area contributed by atoms with Crippen LogP contribution in [0.5, 0.6) is 11.5 Å². The first-order valence-corrected chi connectivity index (χ1v) is 15.2. The Hall–Kier alpha value is -4.66. The minimum Gasteiger partial charge on any atom is -0.494 e. The van der Waals surface area contributed by atoms with Gasteiger partial charge in [0, 0.05) is 16.3 Å². The number of hydrogen-bond acceptors (Lipinski definition) is 6. The molecule has 0 aliphatic heterocycles. The van der Waals surface area contributed by atoms with Gasteiger partial charge in [-0.25, -0.2) is 4.98 Å². The maximum atomic E-state index is 13.8. The van der Waals surface area contributed by atoms with Gasteiger partial charge in [-0.1, -0.05) is 49.2 Å². The van der Waals surface area contributed by atoms with Crippen LogP contribution >= 0.6 is 23.2 Å². The van der Waals surface area contributed by atoms with Gasteiger partial charge in [-0.15, -0.1) is 0 Å². The Morgan fingerprint density at radius 1 is 1.00 bits per heavy atom. The monoisotopic (exact) mass is 642 g/mol. The van der Waals surface area contributed by atoms with Gasteiger partial charge in [0.1, 0.15) is 11.5 Å². The molecule has 0 radical (unpaired) electrons. The van der Waals surface area contributed by atoms with E-state index in [9.17, 15) is 9.59 Å². The Morgan fingerprint density at radius 2 is 1.76 bits per heavy atom. The van der Waals surface area contributed by atoms with E-state index in [2.05, 4.69) is 24.3 Å². The van der Waals surface area contributed by atoms with Crippen LogP contribution in [0, 0.1) is 6.92 Å². The number of para-hydroxylation sites is 1. The van der Waals surface area contributed by atoms with Gasteiger partial charge in [-0.3, -0.25) is 9.59 Å². The minimum absolute atomic E-state index is 0.182. The Labute approximate surface area is 271 Å².